The monoisotopic (exact) mass is 486 g/mol. The van der Waals surface area contributed by atoms with Crippen molar-refractivity contribution >= 4 is 39.8 Å². The average Bonchev–Trinajstić information content (AvgIpc) is 3.27. The molecule has 0 unspecified atom stereocenters. The number of fused-ring (bicyclic) bond motifs is 2. The number of hydrogen-bond acceptors (Lipinski definition) is 4. The molecule has 0 aliphatic carbocycles. The Balaban J connectivity index is 1.41. The molecule has 7 heteroatoms. The number of carbonyl (C=O) groups excluding carboxylic acids is 1. The number of benzene rings is 3. The van der Waals surface area contributed by atoms with Gasteiger partial charge in [0, 0.05) is 36.9 Å². The molecule has 178 valence electrons. The normalized spacial score (nSPS) is 12.7. The number of urea groups is 1. The number of pyridine rings is 1. The molecular formula is C28H27ClN4O2. The lowest BCUT2D eigenvalue weighted by molar-refractivity contribution is 0.257. The zero-order chi connectivity index (χ0) is 24.4. The van der Waals surface area contributed by atoms with Gasteiger partial charge in [0.05, 0.1) is 16.4 Å². The Bertz CT molecular complexity index is 1370. The second kappa shape index (κ2) is 9.94. The minimum absolute atomic E-state index is 0.174. The van der Waals surface area contributed by atoms with Gasteiger partial charge in [0.1, 0.15) is 12.4 Å². The highest BCUT2D eigenvalue weighted by Crippen LogP contribution is 2.38. The molecule has 1 aliphatic heterocycles. The Labute approximate surface area is 210 Å². The molecule has 0 fully saturated rings. The van der Waals surface area contributed by atoms with Gasteiger partial charge in [-0.3, -0.25) is 9.88 Å². The third-order valence-electron chi connectivity index (χ3n) is 6.23. The van der Waals surface area contributed by atoms with E-state index in [0.29, 0.717) is 23.9 Å². The van der Waals surface area contributed by atoms with E-state index in [1.807, 2.05) is 73.6 Å². The lowest BCUT2D eigenvalue weighted by atomic mass is 9.98. The summed E-state index contributed by atoms with van der Waals surface area (Å²) < 4.78 is 5.90. The van der Waals surface area contributed by atoms with Crippen LogP contribution in [0.25, 0.3) is 21.9 Å². The van der Waals surface area contributed by atoms with Gasteiger partial charge in [-0.05, 0) is 66.9 Å². The van der Waals surface area contributed by atoms with Crippen LogP contribution in [0.2, 0.25) is 5.02 Å². The summed E-state index contributed by atoms with van der Waals surface area (Å²) in [5.41, 5.74) is 4.84. The summed E-state index contributed by atoms with van der Waals surface area (Å²) in [6.07, 6.45) is 4.33. The quantitative estimate of drug-likeness (QED) is 0.358. The standard InChI is InChI=1S/C28H27ClN4O2/c1-32(2)15-16-35-27-18-26-20(17-24(27)29)11-14-33(26)28(34)31-25-8-7-21(19-9-12-30-13-10-19)22-5-3-4-6-23(22)25/h3-10,12-13,17-18H,11,14-16H2,1-2H3,(H,31,34). The molecule has 2 heterocycles. The maximum Gasteiger partial charge on any atom is 0.326 e. The van der Waals surface area contributed by atoms with E-state index in [9.17, 15) is 4.79 Å². The molecule has 0 atom stereocenters. The molecule has 0 spiro atoms. The van der Waals surface area contributed by atoms with Gasteiger partial charge >= 0.3 is 6.03 Å². The van der Waals surface area contributed by atoms with E-state index in [0.717, 1.165) is 51.8 Å². The highest BCUT2D eigenvalue weighted by atomic mass is 35.5. The first-order valence-corrected chi connectivity index (χ1v) is 12.0. The van der Waals surface area contributed by atoms with Crippen molar-refractivity contribution in [3.8, 4) is 16.9 Å². The van der Waals surface area contributed by atoms with E-state index in [2.05, 4.69) is 16.4 Å². The second-order valence-corrected chi connectivity index (χ2v) is 9.24. The summed E-state index contributed by atoms with van der Waals surface area (Å²) in [5, 5.41) is 5.76. The zero-order valence-corrected chi connectivity index (χ0v) is 20.5. The van der Waals surface area contributed by atoms with Gasteiger partial charge in [0.25, 0.3) is 0 Å². The summed E-state index contributed by atoms with van der Waals surface area (Å²) >= 11 is 6.45. The molecule has 0 bridgehead atoms. The van der Waals surface area contributed by atoms with Crippen LogP contribution in [0.3, 0.4) is 0 Å². The first-order valence-electron chi connectivity index (χ1n) is 11.6. The molecule has 1 aromatic heterocycles. The van der Waals surface area contributed by atoms with Crippen LogP contribution in [0.15, 0.2) is 73.1 Å². The molecule has 1 N–H and O–H groups in total. The highest BCUT2D eigenvalue weighted by molar-refractivity contribution is 6.32. The average molecular weight is 487 g/mol. The van der Waals surface area contributed by atoms with Gasteiger partial charge < -0.3 is 15.0 Å². The van der Waals surface area contributed by atoms with Crippen LogP contribution in [-0.4, -0.2) is 49.7 Å². The molecule has 4 aromatic rings. The summed E-state index contributed by atoms with van der Waals surface area (Å²) in [6, 6.07) is 19.7. The van der Waals surface area contributed by atoms with Crippen molar-refractivity contribution in [1.29, 1.82) is 0 Å². The largest absolute Gasteiger partial charge is 0.491 e. The number of aromatic nitrogens is 1. The van der Waals surface area contributed by atoms with Crippen LogP contribution >= 0.6 is 11.6 Å². The Kier molecular flexibility index (Phi) is 6.57. The van der Waals surface area contributed by atoms with Crippen molar-refractivity contribution < 1.29 is 9.53 Å². The first kappa shape index (κ1) is 23.1. The van der Waals surface area contributed by atoms with Crippen LogP contribution in [0.5, 0.6) is 5.75 Å². The maximum atomic E-state index is 13.4. The van der Waals surface area contributed by atoms with Crippen molar-refractivity contribution in [2.75, 3.05) is 44.0 Å². The number of rotatable bonds is 6. The lowest BCUT2D eigenvalue weighted by Gasteiger charge is -2.21. The number of anilines is 2. The van der Waals surface area contributed by atoms with Crippen LogP contribution in [0.4, 0.5) is 16.2 Å². The summed E-state index contributed by atoms with van der Waals surface area (Å²) in [4.78, 5) is 21.3. The number of halogens is 1. The molecule has 3 aromatic carbocycles. The molecule has 6 nitrogen and oxygen atoms in total. The Morgan fingerprint density at radius 3 is 2.63 bits per heavy atom. The predicted octanol–water partition coefficient (Wildman–Crippen LogP) is 6.09. The van der Waals surface area contributed by atoms with E-state index < -0.39 is 0 Å². The van der Waals surface area contributed by atoms with Crippen molar-refractivity contribution in [2.45, 2.75) is 6.42 Å². The van der Waals surface area contributed by atoms with Crippen molar-refractivity contribution in [1.82, 2.24) is 9.88 Å². The number of nitrogens with zero attached hydrogens (tertiary/aromatic N) is 3. The Morgan fingerprint density at radius 1 is 1.09 bits per heavy atom. The third kappa shape index (κ3) is 4.81. The highest BCUT2D eigenvalue weighted by Gasteiger charge is 2.27. The van der Waals surface area contributed by atoms with E-state index >= 15 is 0 Å². The SMILES string of the molecule is CN(C)CCOc1cc2c(cc1Cl)CCN2C(=O)Nc1ccc(-c2ccncc2)c2ccccc12. The van der Waals surface area contributed by atoms with Gasteiger partial charge in [-0.25, -0.2) is 4.79 Å². The van der Waals surface area contributed by atoms with E-state index in [4.69, 9.17) is 16.3 Å². The van der Waals surface area contributed by atoms with Gasteiger partial charge in [-0.15, -0.1) is 0 Å². The number of amides is 2. The van der Waals surface area contributed by atoms with Gasteiger partial charge in [-0.2, -0.15) is 0 Å². The van der Waals surface area contributed by atoms with E-state index in [1.54, 1.807) is 17.3 Å². The predicted molar refractivity (Wildman–Crippen MR) is 143 cm³/mol. The zero-order valence-electron chi connectivity index (χ0n) is 19.8. The number of hydrogen-bond donors (Lipinski definition) is 1. The molecule has 0 saturated heterocycles. The number of likely N-dealkylation sites (N-methyl/N-ethyl adjacent to an activating group) is 1. The summed E-state index contributed by atoms with van der Waals surface area (Å²) in [5.74, 6) is 0.596. The Hall–Kier alpha value is -3.61. The van der Waals surface area contributed by atoms with E-state index in [-0.39, 0.29) is 6.03 Å². The van der Waals surface area contributed by atoms with Crippen LogP contribution in [0, 0.1) is 0 Å². The van der Waals surface area contributed by atoms with Gasteiger partial charge in [-0.1, -0.05) is 41.9 Å². The molecule has 35 heavy (non-hydrogen) atoms. The van der Waals surface area contributed by atoms with E-state index in [1.165, 1.54) is 0 Å². The first-order chi connectivity index (χ1) is 17.0. The third-order valence-corrected chi connectivity index (χ3v) is 6.52. The van der Waals surface area contributed by atoms with Crippen molar-refractivity contribution in [3.05, 3.63) is 83.6 Å². The smallest absolute Gasteiger partial charge is 0.326 e. The summed E-state index contributed by atoms with van der Waals surface area (Å²) in [6.45, 7) is 1.89. The molecule has 2 amide bonds. The van der Waals surface area contributed by atoms with Gasteiger partial charge in [0.2, 0.25) is 0 Å². The number of ether oxygens (including phenoxy) is 1. The number of carbonyl (C=O) groups is 1. The minimum atomic E-state index is -0.174. The molecule has 0 saturated carbocycles. The fourth-order valence-electron chi connectivity index (χ4n) is 4.42. The van der Waals surface area contributed by atoms with Crippen LogP contribution < -0.4 is 15.0 Å². The second-order valence-electron chi connectivity index (χ2n) is 8.84. The topological polar surface area (TPSA) is 57.7 Å². The fourth-order valence-corrected chi connectivity index (χ4v) is 4.66. The molecular weight excluding hydrogens is 460 g/mol. The minimum Gasteiger partial charge on any atom is -0.491 e. The van der Waals surface area contributed by atoms with Crippen LogP contribution in [-0.2, 0) is 6.42 Å². The summed E-state index contributed by atoms with van der Waals surface area (Å²) in [7, 11) is 3.99. The lowest BCUT2D eigenvalue weighted by Crippen LogP contribution is -2.33. The molecule has 1 aliphatic rings. The van der Waals surface area contributed by atoms with Crippen molar-refractivity contribution in [3.63, 3.8) is 0 Å². The molecule has 0 radical (unpaired) electrons. The number of nitrogens with one attached hydrogen (secondary N) is 1. The van der Waals surface area contributed by atoms with Crippen molar-refractivity contribution in [2.24, 2.45) is 0 Å². The van der Waals surface area contributed by atoms with Crippen LogP contribution in [0.1, 0.15) is 5.56 Å². The Morgan fingerprint density at radius 2 is 1.86 bits per heavy atom. The molecule has 5 rings (SSSR count). The fraction of sp³-hybridized carbons (Fsp3) is 0.214. The van der Waals surface area contributed by atoms with Gasteiger partial charge in [0.15, 0.2) is 0 Å². The maximum absolute atomic E-state index is 13.4.